The van der Waals surface area contributed by atoms with E-state index in [1.807, 2.05) is 23.6 Å². The topological polar surface area (TPSA) is 30.0 Å². The first kappa shape index (κ1) is 15.8. The molecule has 0 radical (unpaired) electrons. The fourth-order valence-corrected chi connectivity index (χ4v) is 3.38. The summed E-state index contributed by atoms with van der Waals surface area (Å²) in [5.41, 5.74) is 3.77. The van der Waals surface area contributed by atoms with E-state index in [2.05, 4.69) is 52.1 Å². The van der Waals surface area contributed by atoms with Crippen LogP contribution in [0.4, 0.5) is 0 Å². The molecule has 0 saturated heterocycles. The molecule has 0 aliphatic heterocycles. The van der Waals surface area contributed by atoms with Gasteiger partial charge in [0.1, 0.15) is 5.01 Å². The van der Waals surface area contributed by atoms with Gasteiger partial charge >= 0.3 is 0 Å². The van der Waals surface area contributed by atoms with Crippen LogP contribution in [0.15, 0.2) is 64.5 Å². The summed E-state index contributed by atoms with van der Waals surface area (Å²) in [6.45, 7) is 2.06. The number of hydrogen-bond acceptors (Lipinski definition) is 3. The molecule has 114 valence electrons. The number of ketones is 1. The number of halogens is 1. The second kappa shape index (κ2) is 7.02. The highest BCUT2D eigenvalue weighted by Crippen LogP contribution is 2.24. The molecule has 0 unspecified atom stereocenters. The summed E-state index contributed by atoms with van der Waals surface area (Å²) < 4.78 is 0.799. The van der Waals surface area contributed by atoms with Crippen LogP contribution in [0.25, 0.3) is 16.6 Å². The number of carbonyl (C=O) groups is 1. The SMILES string of the molecule is Cc1ccc(-c2nc(C=CC(=O)c3ccccc3Br)cs2)cc1. The van der Waals surface area contributed by atoms with Crippen LogP contribution < -0.4 is 0 Å². The van der Waals surface area contributed by atoms with Crippen LogP contribution in [0.5, 0.6) is 0 Å². The number of rotatable bonds is 4. The molecule has 2 nitrogen and oxygen atoms in total. The molecule has 1 aromatic heterocycles. The third-order valence-corrected chi connectivity index (χ3v) is 4.97. The van der Waals surface area contributed by atoms with Gasteiger partial charge in [0, 0.05) is 21.0 Å². The van der Waals surface area contributed by atoms with Gasteiger partial charge in [-0.1, -0.05) is 57.9 Å². The molecule has 23 heavy (non-hydrogen) atoms. The van der Waals surface area contributed by atoms with Crippen LogP contribution >= 0.6 is 27.3 Å². The van der Waals surface area contributed by atoms with Gasteiger partial charge in [0.25, 0.3) is 0 Å². The molecule has 3 rings (SSSR count). The Morgan fingerprint density at radius 3 is 2.61 bits per heavy atom. The Hall–Kier alpha value is -2.04. The first-order chi connectivity index (χ1) is 11.1. The highest BCUT2D eigenvalue weighted by Gasteiger charge is 2.07. The molecule has 2 aromatic carbocycles. The summed E-state index contributed by atoms with van der Waals surface area (Å²) >= 11 is 4.97. The highest BCUT2D eigenvalue weighted by atomic mass is 79.9. The molecular weight excluding hydrogens is 370 g/mol. The van der Waals surface area contributed by atoms with Crippen molar-refractivity contribution in [2.45, 2.75) is 6.92 Å². The molecule has 4 heteroatoms. The van der Waals surface area contributed by atoms with Gasteiger partial charge in [0.15, 0.2) is 5.78 Å². The molecule has 0 atom stereocenters. The van der Waals surface area contributed by atoms with Gasteiger partial charge in [-0.2, -0.15) is 0 Å². The maximum Gasteiger partial charge on any atom is 0.187 e. The molecule has 0 saturated carbocycles. The van der Waals surface area contributed by atoms with Crippen molar-refractivity contribution >= 4 is 39.1 Å². The fraction of sp³-hybridized carbons (Fsp3) is 0.0526. The summed E-state index contributed by atoms with van der Waals surface area (Å²) in [6.07, 6.45) is 3.32. The van der Waals surface area contributed by atoms with Crippen molar-refractivity contribution in [3.8, 4) is 10.6 Å². The van der Waals surface area contributed by atoms with Gasteiger partial charge in [-0.15, -0.1) is 11.3 Å². The van der Waals surface area contributed by atoms with Crippen molar-refractivity contribution in [3.63, 3.8) is 0 Å². The van der Waals surface area contributed by atoms with E-state index in [9.17, 15) is 4.79 Å². The Labute approximate surface area is 147 Å². The van der Waals surface area contributed by atoms with Crippen LogP contribution in [0.1, 0.15) is 21.6 Å². The monoisotopic (exact) mass is 383 g/mol. The van der Waals surface area contributed by atoms with Crippen molar-refractivity contribution < 1.29 is 4.79 Å². The van der Waals surface area contributed by atoms with Crippen LogP contribution in [-0.2, 0) is 0 Å². The third-order valence-electron chi connectivity index (χ3n) is 3.37. The molecule has 0 spiro atoms. The van der Waals surface area contributed by atoms with Crippen molar-refractivity contribution in [2.24, 2.45) is 0 Å². The Bertz CT molecular complexity index is 865. The first-order valence-electron chi connectivity index (χ1n) is 7.13. The summed E-state index contributed by atoms with van der Waals surface area (Å²) in [7, 11) is 0. The van der Waals surface area contributed by atoms with Crippen molar-refractivity contribution in [1.82, 2.24) is 4.98 Å². The van der Waals surface area contributed by atoms with E-state index in [0.717, 1.165) is 20.7 Å². The predicted octanol–water partition coefficient (Wildman–Crippen LogP) is 5.78. The van der Waals surface area contributed by atoms with E-state index in [0.29, 0.717) is 5.56 Å². The van der Waals surface area contributed by atoms with Gasteiger partial charge in [-0.25, -0.2) is 4.98 Å². The van der Waals surface area contributed by atoms with Gasteiger partial charge in [-0.3, -0.25) is 4.79 Å². The van der Waals surface area contributed by atoms with Crippen LogP contribution in [0.3, 0.4) is 0 Å². The minimum atomic E-state index is -0.0395. The lowest BCUT2D eigenvalue weighted by Gasteiger charge is -1.98. The highest BCUT2D eigenvalue weighted by molar-refractivity contribution is 9.10. The molecule has 0 bridgehead atoms. The maximum atomic E-state index is 12.2. The number of thiazole rings is 1. The van der Waals surface area contributed by atoms with Gasteiger partial charge < -0.3 is 0 Å². The Balaban J connectivity index is 1.77. The number of hydrogen-bond donors (Lipinski definition) is 0. The smallest absolute Gasteiger partial charge is 0.187 e. The van der Waals surface area contributed by atoms with Crippen molar-refractivity contribution in [2.75, 3.05) is 0 Å². The number of allylic oxidation sites excluding steroid dienone is 1. The van der Waals surface area contributed by atoms with E-state index in [1.165, 1.54) is 5.56 Å². The molecule has 0 aliphatic carbocycles. The van der Waals surface area contributed by atoms with Gasteiger partial charge in [-0.05, 0) is 31.2 Å². The lowest BCUT2D eigenvalue weighted by molar-refractivity contribution is 0.104. The van der Waals surface area contributed by atoms with E-state index in [1.54, 1.807) is 29.6 Å². The van der Waals surface area contributed by atoms with Crippen molar-refractivity contribution in [1.29, 1.82) is 0 Å². The molecule has 0 N–H and O–H groups in total. The van der Waals surface area contributed by atoms with E-state index in [-0.39, 0.29) is 5.78 Å². The third kappa shape index (κ3) is 3.84. The summed E-state index contributed by atoms with van der Waals surface area (Å²) in [6, 6.07) is 15.7. The van der Waals surface area contributed by atoms with E-state index < -0.39 is 0 Å². The Kier molecular flexibility index (Phi) is 4.84. The standard InChI is InChI=1S/C19H14BrNOS/c1-13-6-8-14(9-7-13)19-21-15(12-23-19)10-11-18(22)16-4-2-3-5-17(16)20/h2-12H,1H3. The van der Waals surface area contributed by atoms with Gasteiger partial charge in [0.05, 0.1) is 5.69 Å². The zero-order chi connectivity index (χ0) is 16.2. The van der Waals surface area contributed by atoms with Crippen LogP contribution in [-0.4, -0.2) is 10.8 Å². The second-order valence-electron chi connectivity index (χ2n) is 5.12. The van der Waals surface area contributed by atoms with E-state index in [4.69, 9.17) is 0 Å². The second-order valence-corrected chi connectivity index (χ2v) is 6.83. The number of nitrogens with zero attached hydrogens (tertiary/aromatic N) is 1. The normalized spacial score (nSPS) is 11.0. The molecule has 0 amide bonds. The molecule has 0 aliphatic rings. The number of benzene rings is 2. The largest absolute Gasteiger partial charge is 0.289 e. The molecule has 1 heterocycles. The summed E-state index contributed by atoms with van der Waals surface area (Å²) in [5.74, 6) is -0.0395. The molecule has 3 aromatic rings. The zero-order valence-corrected chi connectivity index (χ0v) is 14.9. The summed E-state index contributed by atoms with van der Waals surface area (Å²) in [4.78, 5) is 16.8. The molecular formula is C19H14BrNOS. The average molecular weight is 384 g/mol. The minimum Gasteiger partial charge on any atom is -0.289 e. The van der Waals surface area contributed by atoms with Crippen LogP contribution in [0.2, 0.25) is 0 Å². The molecule has 0 fully saturated rings. The van der Waals surface area contributed by atoms with E-state index >= 15 is 0 Å². The average Bonchev–Trinajstić information content (AvgIpc) is 3.03. The van der Waals surface area contributed by atoms with Crippen molar-refractivity contribution in [3.05, 3.63) is 81.3 Å². The van der Waals surface area contributed by atoms with Gasteiger partial charge in [0.2, 0.25) is 0 Å². The Morgan fingerprint density at radius 2 is 1.87 bits per heavy atom. The first-order valence-corrected chi connectivity index (χ1v) is 8.80. The number of carbonyl (C=O) groups excluding carboxylic acids is 1. The predicted molar refractivity (Wildman–Crippen MR) is 99.8 cm³/mol. The quantitative estimate of drug-likeness (QED) is 0.422. The Morgan fingerprint density at radius 1 is 1.13 bits per heavy atom. The lowest BCUT2D eigenvalue weighted by atomic mass is 10.1. The zero-order valence-electron chi connectivity index (χ0n) is 12.5. The minimum absolute atomic E-state index is 0.0395. The maximum absolute atomic E-state index is 12.2. The number of aryl methyl sites for hydroxylation is 1. The number of aromatic nitrogens is 1. The summed E-state index contributed by atoms with van der Waals surface area (Å²) in [5, 5.41) is 2.91. The lowest BCUT2D eigenvalue weighted by Crippen LogP contribution is -1.94. The fourth-order valence-electron chi connectivity index (χ4n) is 2.10. The van der Waals surface area contributed by atoms with Crippen LogP contribution in [0, 0.1) is 6.92 Å².